The first kappa shape index (κ1) is 23.1. The first-order valence-corrected chi connectivity index (χ1v) is 12.9. The molecule has 2 aromatic carbocycles. The molecule has 0 bridgehead atoms. The lowest BCUT2D eigenvalue weighted by Crippen LogP contribution is -2.39. The van der Waals surface area contributed by atoms with Crippen molar-refractivity contribution < 1.29 is 9.53 Å². The Morgan fingerprint density at radius 3 is 2.62 bits per heavy atom. The van der Waals surface area contributed by atoms with E-state index in [1.54, 1.807) is 7.11 Å². The van der Waals surface area contributed by atoms with Gasteiger partial charge in [-0.15, -0.1) is 0 Å². The van der Waals surface area contributed by atoms with Crippen molar-refractivity contribution in [2.75, 3.05) is 7.11 Å². The molecule has 0 spiro atoms. The molecule has 2 heterocycles. The molecule has 174 valence electrons. The van der Waals surface area contributed by atoms with Crippen LogP contribution in [0.1, 0.15) is 37.7 Å². The van der Waals surface area contributed by atoms with Crippen LogP contribution in [0.5, 0.6) is 5.75 Å². The lowest BCUT2D eigenvalue weighted by Gasteiger charge is -2.29. The monoisotopic (exact) mass is 509 g/mol. The van der Waals surface area contributed by atoms with E-state index in [2.05, 4.69) is 0 Å². The van der Waals surface area contributed by atoms with E-state index in [0.29, 0.717) is 20.0 Å². The summed E-state index contributed by atoms with van der Waals surface area (Å²) in [6.07, 6.45) is 9.40. The molecule has 1 saturated carbocycles. The number of nitrogens with zero attached hydrogens (tertiary/aromatic N) is 3. The second kappa shape index (κ2) is 9.94. The third-order valence-electron chi connectivity index (χ3n) is 6.24. The van der Waals surface area contributed by atoms with Gasteiger partial charge >= 0.3 is 0 Å². The molecule has 1 aromatic heterocycles. The Kier molecular flexibility index (Phi) is 6.77. The second-order valence-corrected chi connectivity index (χ2v) is 10.5. The summed E-state index contributed by atoms with van der Waals surface area (Å²) in [7, 11) is 1.59. The number of thiocarbonyl (C=S) groups is 1. The van der Waals surface area contributed by atoms with Gasteiger partial charge in [-0.2, -0.15) is 5.10 Å². The van der Waals surface area contributed by atoms with Gasteiger partial charge in [0.15, 0.2) is 0 Å². The molecule has 5 rings (SSSR count). The highest BCUT2D eigenvalue weighted by Gasteiger charge is 2.37. The maximum Gasteiger partial charge on any atom is 0.266 e. The van der Waals surface area contributed by atoms with E-state index < -0.39 is 0 Å². The molecule has 0 N–H and O–H groups in total. The van der Waals surface area contributed by atoms with E-state index in [4.69, 9.17) is 33.7 Å². The van der Waals surface area contributed by atoms with Gasteiger partial charge in [-0.25, -0.2) is 4.68 Å². The van der Waals surface area contributed by atoms with Gasteiger partial charge in [0.1, 0.15) is 15.8 Å². The molecule has 2 fully saturated rings. The van der Waals surface area contributed by atoms with Crippen molar-refractivity contribution in [3.05, 3.63) is 70.2 Å². The van der Waals surface area contributed by atoms with Gasteiger partial charge in [-0.05, 0) is 49.2 Å². The normalized spacial score (nSPS) is 18.2. The zero-order valence-corrected chi connectivity index (χ0v) is 21.1. The van der Waals surface area contributed by atoms with Gasteiger partial charge in [0, 0.05) is 23.4 Å². The van der Waals surface area contributed by atoms with Crippen LogP contribution < -0.4 is 4.74 Å². The number of para-hydroxylation sites is 1. The Bertz CT molecular complexity index is 1270. The van der Waals surface area contributed by atoms with Crippen LogP contribution in [0.25, 0.3) is 23.0 Å². The van der Waals surface area contributed by atoms with Crippen molar-refractivity contribution in [1.82, 2.24) is 14.7 Å². The smallest absolute Gasteiger partial charge is 0.266 e. The fourth-order valence-corrected chi connectivity index (χ4v) is 6.17. The molecule has 2 aliphatic rings. The van der Waals surface area contributed by atoms with Gasteiger partial charge in [0.25, 0.3) is 5.91 Å². The summed E-state index contributed by atoms with van der Waals surface area (Å²) in [5.74, 6) is 0.593. The summed E-state index contributed by atoms with van der Waals surface area (Å²) in [5.41, 5.74) is 3.33. The fourth-order valence-electron chi connectivity index (χ4n) is 4.52. The average molecular weight is 510 g/mol. The minimum Gasteiger partial charge on any atom is -0.495 e. The molecule has 1 amide bonds. The van der Waals surface area contributed by atoms with Gasteiger partial charge < -0.3 is 4.74 Å². The fraction of sp³-hybridized carbons (Fsp3) is 0.269. The number of hydrogen-bond donors (Lipinski definition) is 0. The summed E-state index contributed by atoms with van der Waals surface area (Å²) in [6, 6.07) is 15.7. The lowest BCUT2D eigenvalue weighted by atomic mass is 9.94. The quantitative estimate of drug-likeness (QED) is 0.281. The largest absolute Gasteiger partial charge is 0.495 e. The molecular weight excluding hydrogens is 486 g/mol. The number of hydrogen-bond acceptors (Lipinski definition) is 5. The highest BCUT2D eigenvalue weighted by molar-refractivity contribution is 8.26. The lowest BCUT2D eigenvalue weighted by molar-refractivity contribution is -0.124. The van der Waals surface area contributed by atoms with Crippen LogP contribution in [0.15, 0.2) is 59.6 Å². The molecule has 0 atom stereocenters. The molecule has 1 saturated heterocycles. The van der Waals surface area contributed by atoms with Crippen LogP contribution >= 0.6 is 35.6 Å². The first-order chi connectivity index (χ1) is 16.5. The Labute approximate surface area is 213 Å². The van der Waals surface area contributed by atoms with Crippen LogP contribution in [0.4, 0.5) is 0 Å². The first-order valence-electron chi connectivity index (χ1n) is 11.3. The van der Waals surface area contributed by atoms with Crippen LogP contribution in [0.3, 0.4) is 0 Å². The summed E-state index contributed by atoms with van der Waals surface area (Å²) in [5, 5.41) is 5.35. The highest BCUT2D eigenvalue weighted by Crippen LogP contribution is 2.39. The van der Waals surface area contributed by atoms with E-state index in [0.717, 1.165) is 48.2 Å². The van der Waals surface area contributed by atoms with Crippen molar-refractivity contribution in [3.63, 3.8) is 0 Å². The number of ether oxygens (including phenoxy) is 1. The number of thioether (sulfide) groups is 1. The van der Waals surface area contributed by atoms with E-state index in [9.17, 15) is 4.79 Å². The molecule has 0 radical (unpaired) electrons. The third kappa shape index (κ3) is 4.52. The summed E-state index contributed by atoms with van der Waals surface area (Å²) >= 11 is 13.4. The molecular formula is C26H24ClN3O2S2. The maximum atomic E-state index is 13.4. The van der Waals surface area contributed by atoms with Crippen LogP contribution in [0.2, 0.25) is 5.02 Å². The summed E-state index contributed by atoms with van der Waals surface area (Å²) < 4.78 is 7.77. The SMILES string of the molecule is COc1ccc(-c2nn(-c3ccccc3)cc2/C=C2\SC(=S)N(C3CCCCC3)C2=O)cc1Cl. The predicted octanol–water partition coefficient (Wildman–Crippen LogP) is 6.74. The highest BCUT2D eigenvalue weighted by atomic mass is 35.5. The van der Waals surface area contributed by atoms with Crippen molar-refractivity contribution in [2.24, 2.45) is 0 Å². The zero-order chi connectivity index (χ0) is 23.7. The third-order valence-corrected chi connectivity index (χ3v) is 7.86. The van der Waals surface area contributed by atoms with E-state index in [-0.39, 0.29) is 11.9 Å². The molecule has 3 aromatic rings. The van der Waals surface area contributed by atoms with Crippen LogP contribution in [-0.2, 0) is 4.79 Å². The molecule has 34 heavy (non-hydrogen) atoms. The van der Waals surface area contributed by atoms with Crippen molar-refractivity contribution >= 4 is 51.9 Å². The Balaban J connectivity index is 1.55. The van der Waals surface area contributed by atoms with Crippen LogP contribution in [0, 0.1) is 0 Å². The summed E-state index contributed by atoms with van der Waals surface area (Å²) in [6.45, 7) is 0. The standard InChI is InChI=1S/C26H24ClN3O2S2/c1-32-22-13-12-17(14-21(22)27)24-18(16-29(28-24)19-8-4-2-5-9-19)15-23-25(31)30(26(33)34-23)20-10-6-3-7-11-20/h2,4-5,8-9,12-16,20H,3,6-7,10-11H2,1H3/b23-15-. The van der Waals surface area contributed by atoms with Crippen molar-refractivity contribution in [2.45, 2.75) is 38.1 Å². The maximum absolute atomic E-state index is 13.4. The number of halogens is 1. The van der Waals surface area contributed by atoms with E-state index >= 15 is 0 Å². The van der Waals surface area contributed by atoms with E-state index in [1.807, 2.05) is 70.4 Å². The number of aromatic nitrogens is 2. The minimum absolute atomic E-state index is 0.00641. The average Bonchev–Trinajstić information content (AvgIpc) is 3.40. The zero-order valence-electron chi connectivity index (χ0n) is 18.7. The Hall–Kier alpha value is -2.61. The number of carbonyl (C=O) groups excluding carboxylic acids is 1. The minimum atomic E-state index is -0.00641. The second-order valence-electron chi connectivity index (χ2n) is 8.41. The van der Waals surface area contributed by atoms with Gasteiger partial charge in [-0.1, -0.05) is 73.0 Å². The van der Waals surface area contributed by atoms with Crippen LogP contribution in [-0.4, -0.2) is 38.1 Å². The topological polar surface area (TPSA) is 47.4 Å². The summed E-state index contributed by atoms with van der Waals surface area (Å²) in [4.78, 5) is 15.8. The number of carbonyl (C=O) groups is 1. The Morgan fingerprint density at radius 1 is 1.15 bits per heavy atom. The molecule has 0 unspecified atom stereocenters. The molecule has 1 aliphatic carbocycles. The van der Waals surface area contributed by atoms with E-state index in [1.165, 1.54) is 18.2 Å². The Morgan fingerprint density at radius 2 is 1.91 bits per heavy atom. The van der Waals surface area contributed by atoms with Crippen molar-refractivity contribution in [3.8, 4) is 22.7 Å². The van der Waals surface area contributed by atoms with Gasteiger partial charge in [-0.3, -0.25) is 9.69 Å². The predicted molar refractivity (Wildman–Crippen MR) is 142 cm³/mol. The molecule has 1 aliphatic heterocycles. The number of methoxy groups -OCH3 is 1. The van der Waals surface area contributed by atoms with Gasteiger partial charge in [0.2, 0.25) is 0 Å². The molecule has 5 nitrogen and oxygen atoms in total. The molecule has 8 heteroatoms. The number of amides is 1. The number of rotatable bonds is 5. The van der Waals surface area contributed by atoms with Gasteiger partial charge in [0.05, 0.1) is 22.7 Å². The van der Waals surface area contributed by atoms with Crippen molar-refractivity contribution in [1.29, 1.82) is 0 Å². The number of benzene rings is 2.